The highest BCUT2D eigenvalue weighted by Crippen LogP contribution is 2.32. The van der Waals surface area contributed by atoms with Gasteiger partial charge in [-0.2, -0.15) is 13.2 Å². The lowest BCUT2D eigenvalue weighted by atomic mass is 9.84. The summed E-state index contributed by atoms with van der Waals surface area (Å²) < 4.78 is 41.0. The molecule has 30 heavy (non-hydrogen) atoms. The number of aromatic nitrogens is 3. The molecule has 2 rings (SSSR count). The van der Waals surface area contributed by atoms with Gasteiger partial charge in [-0.1, -0.05) is 39.0 Å². The van der Waals surface area contributed by atoms with Gasteiger partial charge in [0.1, 0.15) is 12.2 Å². The Morgan fingerprint density at radius 2 is 1.83 bits per heavy atom. The van der Waals surface area contributed by atoms with Crippen molar-refractivity contribution in [1.82, 2.24) is 25.4 Å². The van der Waals surface area contributed by atoms with Gasteiger partial charge in [0.05, 0.1) is 12.1 Å². The van der Waals surface area contributed by atoms with E-state index < -0.39 is 17.2 Å². The molecule has 0 aliphatic carbocycles. The van der Waals surface area contributed by atoms with Crippen LogP contribution in [0.5, 0.6) is 0 Å². The summed E-state index contributed by atoms with van der Waals surface area (Å²) in [6.45, 7) is 10.1. The van der Waals surface area contributed by atoms with E-state index >= 15 is 0 Å². The Kier molecular flexibility index (Phi) is 10.1. The summed E-state index contributed by atoms with van der Waals surface area (Å²) in [5.41, 5.74) is -0.588. The lowest BCUT2D eigenvalue weighted by Crippen LogP contribution is -2.40. The molecule has 10 heteroatoms. The van der Waals surface area contributed by atoms with Gasteiger partial charge in [0, 0.05) is 31.5 Å². The molecule has 6 nitrogen and oxygen atoms in total. The molecule has 0 atom stereocenters. The fraction of sp³-hybridized carbons (Fsp3) is 0.550. The van der Waals surface area contributed by atoms with Gasteiger partial charge in [0.2, 0.25) is 0 Å². The van der Waals surface area contributed by atoms with E-state index in [4.69, 9.17) is 0 Å². The number of guanidine groups is 1. The van der Waals surface area contributed by atoms with E-state index in [1.165, 1.54) is 12.1 Å². The Balaban J connectivity index is 0.00000450. The fourth-order valence-corrected chi connectivity index (χ4v) is 2.86. The van der Waals surface area contributed by atoms with E-state index in [-0.39, 0.29) is 24.0 Å². The maximum absolute atomic E-state index is 13.0. The molecule has 2 N–H and O–H groups in total. The summed E-state index contributed by atoms with van der Waals surface area (Å²) >= 11 is 0. The van der Waals surface area contributed by atoms with Crippen LogP contribution in [0.25, 0.3) is 0 Å². The summed E-state index contributed by atoms with van der Waals surface area (Å²) in [5, 5.41) is 14.4. The van der Waals surface area contributed by atoms with E-state index in [0.29, 0.717) is 37.7 Å². The lowest BCUT2D eigenvalue weighted by molar-refractivity contribution is -0.137. The third-order valence-electron chi connectivity index (χ3n) is 4.61. The van der Waals surface area contributed by atoms with Crippen molar-refractivity contribution < 1.29 is 13.2 Å². The number of aliphatic imine (C=N–C) groups is 1. The number of aryl methyl sites for hydroxylation is 1. The summed E-state index contributed by atoms with van der Waals surface area (Å²) in [5.74, 6) is 1.54. The van der Waals surface area contributed by atoms with Crippen LogP contribution < -0.4 is 10.6 Å². The molecule has 1 aromatic carbocycles. The third kappa shape index (κ3) is 7.44. The molecule has 168 valence electrons. The summed E-state index contributed by atoms with van der Waals surface area (Å²) in [7, 11) is 0. The number of benzene rings is 1. The molecule has 0 radical (unpaired) electrons. The van der Waals surface area contributed by atoms with Crippen LogP contribution in [0.4, 0.5) is 13.2 Å². The number of nitrogens with zero attached hydrogens (tertiary/aromatic N) is 4. The zero-order chi connectivity index (χ0) is 21.5. The molecule has 0 fully saturated rings. The zero-order valence-corrected chi connectivity index (χ0v) is 20.1. The Bertz CT molecular complexity index is 817. The number of hydrogen-bond donors (Lipinski definition) is 2. The highest BCUT2D eigenvalue weighted by Gasteiger charge is 2.32. The summed E-state index contributed by atoms with van der Waals surface area (Å²) in [6, 6.07) is 5.44. The molecule has 0 aliphatic heterocycles. The van der Waals surface area contributed by atoms with E-state index in [0.717, 1.165) is 18.3 Å². The average Bonchev–Trinajstić information content (AvgIpc) is 3.13. The molecule has 0 bridgehead atoms. The van der Waals surface area contributed by atoms with Gasteiger partial charge in [0.25, 0.3) is 0 Å². The second-order valence-corrected chi connectivity index (χ2v) is 7.38. The average molecular weight is 538 g/mol. The zero-order valence-electron chi connectivity index (χ0n) is 17.8. The largest absolute Gasteiger partial charge is 0.416 e. The van der Waals surface area contributed by atoms with E-state index in [2.05, 4.69) is 25.8 Å². The Morgan fingerprint density at radius 3 is 2.47 bits per heavy atom. The minimum Gasteiger partial charge on any atom is -0.357 e. The molecule has 2 aromatic rings. The highest BCUT2D eigenvalue weighted by atomic mass is 127. The molecule has 0 saturated heterocycles. The maximum Gasteiger partial charge on any atom is 0.416 e. The van der Waals surface area contributed by atoms with Crippen LogP contribution in [0, 0.1) is 0 Å². The van der Waals surface area contributed by atoms with Crippen molar-refractivity contribution in [2.75, 3.05) is 19.6 Å². The molecule has 1 heterocycles. The van der Waals surface area contributed by atoms with Gasteiger partial charge in [-0.3, -0.25) is 4.99 Å². The van der Waals surface area contributed by atoms with Crippen molar-refractivity contribution >= 4 is 29.9 Å². The van der Waals surface area contributed by atoms with Crippen LogP contribution in [-0.2, 0) is 24.6 Å². The number of alkyl halides is 3. The third-order valence-corrected chi connectivity index (χ3v) is 4.61. The van der Waals surface area contributed by atoms with Gasteiger partial charge >= 0.3 is 6.18 Å². The van der Waals surface area contributed by atoms with Crippen LogP contribution in [0.15, 0.2) is 35.6 Å². The van der Waals surface area contributed by atoms with E-state index in [9.17, 15) is 13.2 Å². The van der Waals surface area contributed by atoms with Gasteiger partial charge < -0.3 is 15.2 Å². The number of nitrogens with one attached hydrogen (secondary N) is 2. The van der Waals surface area contributed by atoms with E-state index in [1.807, 2.05) is 32.3 Å². The van der Waals surface area contributed by atoms with Gasteiger partial charge in [-0.15, -0.1) is 34.2 Å². The first-order valence-electron chi connectivity index (χ1n) is 9.74. The number of halogens is 4. The quantitative estimate of drug-likeness (QED) is 0.303. The second-order valence-electron chi connectivity index (χ2n) is 7.38. The Hall–Kier alpha value is -1.85. The summed E-state index contributed by atoms with van der Waals surface area (Å²) in [6.07, 6.45) is -1.86. The van der Waals surface area contributed by atoms with Gasteiger partial charge in [-0.25, -0.2) is 0 Å². The highest BCUT2D eigenvalue weighted by molar-refractivity contribution is 14.0. The molecule has 0 saturated carbocycles. The smallest absolute Gasteiger partial charge is 0.357 e. The molecule has 0 amide bonds. The Labute approximate surface area is 192 Å². The second kappa shape index (κ2) is 11.5. The van der Waals surface area contributed by atoms with Crippen LogP contribution in [0.1, 0.15) is 44.6 Å². The minimum absolute atomic E-state index is 0. The minimum atomic E-state index is -4.36. The van der Waals surface area contributed by atoms with Crippen molar-refractivity contribution in [1.29, 1.82) is 0 Å². The number of hydrogen-bond acceptors (Lipinski definition) is 3. The SMILES string of the molecule is CCNC(=NCC(C)(C)c1cccc(C(F)(F)F)c1)NCCn1cnnc1CC.I. The van der Waals surface area contributed by atoms with Crippen LogP contribution in [0.2, 0.25) is 0 Å². The van der Waals surface area contributed by atoms with Crippen LogP contribution in [0.3, 0.4) is 0 Å². The molecular formula is C20H30F3IN6. The maximum atomic E-state index is 13.0. The van der Waals surface area contributed by atoms with Crippen molar-refractivity contribution in [3.63, 3.8) is 0 Å². The fourth-order valence-electron chi connectivity index (χ4n) is 2.86. The molecule has 0 spiro atoms. The monoisotopic (exact) mass is 538 g/mol. The van der Waals surface area contributed by atoms with Crippen LogP contribution in [-0.4, -0.2) is 40.4 Å². The first kappa shape index (κ1) is 26.2. The van der Waals surface area contributed by atoms with Gasteiger partial charge in [0.15, 0.2) is 5.96 Å². The predicted octanol–water partition coefficient (Wildman–Crippen LogP) is 4.01. The molecule has 1 aromatic heterocycles. The molecular weight excluding hydrogens is 508 g/mol. The number of rotatable bonds is 8. The lowest BCUT2D eigenvalue weighted by Gasteiger charge is -2.25. The van der Waals surface area contributed by atoms with Crippen molar-refractivity contribution in [2.24, 2.45) is 4.99 Å². The summed E-state index contributed by atoms with van der Waals surface area (Å²) in [4.78, 5) is 4.59. The van der Waals surface area contributed by atoms with Crippen molar-refractivity contribution in [2.45, 2.75) is 52.3 Å². The standard InChI is InChI=1S/C20H29F3N6.HI/c1-5-17-28-27-14-29(17)11-10-25-18(24-6-2)26-13-19(3,4)15-8-7-9-16(12-15)20(21,22)23;/h7-9,12,14H,5-6,10-11,13H2,1-4H3,(H2,24,25,26);1H. The van der Waals surface area contributed by atoms with Crippen molar-refractivity contribution in [3.05, 3.63) is 47.5 Å². The van der Waals surface area contributed by atoms with E-state index in [1.54, 1.807) is 12.4 Å². The van der Waals surface area contributed by atoms with Gasteiger partial charge in [-0.05, 0) is 18.6 Å². The first-order valence-corrected chi connectivity index (χ1v) is 9.74. The molecule has 0 aliphatic rings. The van der Waals surface area contributed by atoms with Crippen LogP contribution >= 0.6 is 24.0 Å². The first-order chi connectivity index (χ1) is 13.7. The molecule has 0 unspecified atom stereocenters. The predicted molar refractivity (Wildman–Crippen MR) is 123 cm³/mol. The topological polar surface area (TPSA) is 67.1 Å². The van der Waals surface area contributed by atoms with Crippen molar-refractivity contribution in [3.8, 4) is 0 Å². The normalized spacial score (nSPS) is 12.4. The Morgan fingerprint density at radius 1 is 1.13 bits per heavy atom.